The van der Waals surface area contributed by atoms with Gasteiger partial charge in [-0.2, -0.15) is 11.8 Å². The molecule has 7 nitrogen and oxygen atoms in total. The number of carboxylic acid groups (broad SMARTS) is 2. The van der Waals surface area contributed by atoms with Crippen molar-refractivity contribution in [1.82, 2.24) is 0 Å². The topological polar surface area (TPSA) is 144 Å². The minimum absolute atomic E-state index is 0.0302. The van der Waals surface area contributed by atoms with Gasteiger partial charge >= 0.3 is 11.9 Å². The van der Waals surface area contributed by atoms with E-state index in [1.54, 1.807) is 6.26 Å². The second kappa shape index (κ2) is 7.25. The fourth-order valence-corrected chi connectivity index (χ4v) is 2.02. The van der Waals surface area contributed by atoms with Crippen molar-refractivity contribution in [2.75, 3.05) is 6.26 Å². The quantitative estimate of drug-likeness (QED) is 0.432. The van der Waals surface area contributed by atoms with Crippen LogP contribution < -0.4 is 11.5 Å². The van der Waals surface area contributed by atoms with Crippen molar-refractivity contribution >= 4 is 29.5 Å². The van der Waals surface area contributed by atoms with Crippen LogP contribution in [0.25, 0.3) is 0 Å². The molecule has 17 heavy (non-hydrogen) atoms. The molecule has 0 bridgehead atoms. The first-order chi connectivity index (χ1) is 7.81. The Morgan fingerprint density at radius 2 is 1.76 bits per heavy atom. The summed E-state index contributed by atoms with van der Waals surface area (Å²) in [6, 6.07) is -2.35. The fraction of sp³-hybridized carbons (Fsp3) is 0.667. The second-order valence-corrected chi connectivity index (χ2v) is 4.44. The van der Waals surface area contributed by atoms with Crippen molar-refractivity contribution in [3.63, 3.8) is 0 Å². The molecule has 8 heteroatoms. The molecule has 0 heterocycles. The fourth-order valence-electron chi connectivity index (χ4n) is 1.20. The molecule has 0 spiro atoms. The summed E-state index contributed by atoms with van der Waals surface area (Å²) in [5, 5.41) is 16.2. The van der Waals surface area contributed by atoms with Crippen LogP contribution in [0.5, 0.6) is 0 Å². The van der Waals surface area contributed by atoms with E-state index in [0.29, 0.717) is 0 Å². The third-order valence-corrected chi connectivity index (χ3v) is 3.21. The van der Waals surface area contributed by atoms with Gasteiger partial charge in [0.25, 0.3) is 0 Å². The van der Waals surface area contributed by atoms with Crippen LogP contribution in [0.2, 0.25) is 0 Å². The van der Waals surface area contributed by atoms with Gasteiger partial charge < -0.3 is 21.7 Å². The molecule has 3 atom stereocenters. The largest absolute Gasteiger partial charge is 0.481 e. The van der Waals surface area contributed by atoms with Crippen molar-refractivity contribution < 1.29 is 24.6 Å². The summed E-state index contributed by atoms with van der Waals surface area (Å²) < 4.78 is 0. The van der Waals surface area contributed by atoms with E-state index in [9.17, 15) is 14.4 Å². The minimum atomic E-state index is -1.34. The first kappa shape index (κ1) is 15.9. The highest BCUT2D eigenvalue weighted by molar-refractivity contribution is 8.00. The Hall–Kier alpha value is -1.12. The van der Waals surface area contributed by atoms with E-state index in [4.69, 9.17) is 21.7 Å². The van der Waals surface area contributed by atoms with Crippen LogP contribution in [-0.2, 0) is 14.4 Å². The van der Waals surface area contributed by atoms with Gasteiger partial charge in [0.2, 0.25) is 0 Å². The number of aliphatic carboxylic acids is 2. The SMILES string of the molecule is CSC(C(=O)[C@@H](N)CCC(=O)O)[C@H](N)C(=O)O. The number of rotatable bonds is 8. The third-order valence-electron chi connectivity index (χ3n) is 2.18. The maximum absolute atomic E-state index is 11.8. The molecule has 0 saturated heterocycles. The van der Waals surface area contributed by atoms with E-state index in [0.717, 1.165) is 11.8 Å². The number of carboxylic acids is 2. The lowest BCUT2D eigenvalue weighted by molar-refractivity contribution is -0.140. The van der Waals surface area contributed by atoms with Crippen LogP contribution in [0.3, 0.4) is 0 Å². The van der Waals surface area contributed by atoms with Crippen molar-refractivity contribution in [2.45, 2.75) is 30.2 Å². The van der Waals surface area contributed by atoms with Gasteiger partial charge in [-0.15, -0.1) is 0 Å². The van der Waals surface area contributed by atoms with Crippen molar-refractivity contribution in [3.05, 3.63) is 0 Å². The summed E-state index contributed by atoms with van der Waals surface area (Å²) in [5.41, 5.74) is 10.9. The highest BCUT2D eigenvalue weighted by Gasteiger charge is 2.32. The Bertz CT molecular complexity index is 310. The van der Waals surface area contributed by atoms with Gasteiger partial charge in [0.15, 0.2) is 5.78 Å². The standard InChI is InChI=1S/C9H16N2O5S/c1-17-8(6(11)9(15)16)7(14)4(10)2-3-5(12)13/h4,6,8H,2-3,10-11H2,1H3,(H,12,13)(H,15,16)/t4-,6-,8?/m0/s1. The van der Waals surface area contributed by atoms with Crippen LogP contribution in [0.1, 0.15) is 12.8 Å². The number of nitrogens with two attached hydrogens (primary N) is 2. The molecular weight excluding hydrogens is 248 g/mol. The minimum Gasteiger partial charge on any atom is -0.481 e. The zero-order chi connectivity index (χ0) is 13.6. The molecule has 1 unspecified atom stereocenters. The molecule has 0 aliphatic carbocycles. The van der Waals surface area contributed by atoms with Crippen molar-refractivity contribution in [1.29, 1.82) is 0 Å². The van der Waals surface area contributed by atoms with Gasteiger partial charge in [0.1, 0.15) is 6.04 Å². The van der Waals surface area contributed by atoms with Gasteiger partial charge in [-0.3, -0.25) is 14.4 Å². The molecular formula is C9H16N2O5S. The molecule has 0 rings (SSSR count). The number of carbonyl (C=O) groups is 3. The monoisotopic (exact) mass is 264 g/mol. The van der Waals surface area contributed by atoms with E-state index in [1.807, 2.05) is 0 Å². The van der Waals surface area contributed by atoms with E-state index in [1.165, 1.54) is 0 Å². The Morgan fingerprint density at radius 3 is 2.12 bits per heavy atom. The first-order valence-corrected chi connectivity index (χ1v) is 6.12. The number of thioether (sulfide) groups is 1. The molecule has 6 N–H and O–H groups in total. The summed E-state index contributed by atoms with van der Waals surface area (Å²) in [6.07, 6.45) is 1.28. The summed E-state index contributed by atoms with van der Waals surface area (Å²) in [4.78, 5) is 32.7. The Kier molecular flexibility index (Phi) is 6.78. The molecule has 0 radical (unpaired) electrons. The number of Topliss-reactive ketones (excluding diaryl/α,β-unsaturated/α-hetero) is 1. The van der Waals surface area contributed by atoms with Crippen molar-refractivity contribution in [2.24, 2.45) is 11.5 Å². The predicted octanol–water partition coefficient (Wildman–Crippen LogP) is -1.11. The Balaban J connectivity index is 4.52. The van der Waals surface area contributed by atoms with E-state index in [-0.39, 0.29) is 12.8 Å². The van der Waals surface area contributed by atoms with Crippen LogP contribution in [0.15, 0.2) is 0 Å². The maximum atomic E-state index is 11.8. The van der Waals surface area contributed by atoms with Crippen LogP contribution in [0.4, 0.5) is 0 Å². The summed E-state index contributed by atoms with van der Waals surface area (Å²) >= 11 is 0.994. The molecule has 0 saturated carbocycles. The third kappa shape index (κ3) is 5.16. The highest BCUT2D eigenvalue weighted by atomic mass is 32.2. The van der Waals surface area contributed by atoms with Gasteiger partial charge in [-0.25, -0.2) is 0 Å². The molecule has 0 amide bonds. The summed E-state index contributed by atoms with van der Waals surface area (Å²) in [7, 11) is 0. The summed E-state index contributed by atoms with van der Waals surface area (Å²) in [6.45, 7) is 0. The molecule has 0 aromatic rings. The molecule has 98 valence electrons. The smallest absolute Gasteiger partial charge is 0.322 e. The Labute approximate surface area is 103 Å². The lowest BCUT2D eigenvalue weighted by Crippen LogP contribution is -2.49. The normalized spacial score (nSPS) is 15.9. The van der Waals surface area contributed by atoms with Gasteiger partial charge in [-0.05, 0) is 12.7 Å². The van der Waals surface area contributed by atoms with Crippen LogP contribution in [-0.4, -0.2) is 51.5 Å². The lowest BCUT2D eigenvalue weighted by Gasteiger charge is -2.20. The molecule has 0 fully saturated rings. The second-order valence-electron chi connectivity index (χ2n) is 3.46. The van der Waals surface area contributed by atoms with Gasteiger partial charge in [-0.1, -0.05) is 0 Å². The van der Waals surface area contributed by atoms with Gasteiger partial charge in [0, 0.05) is 6.42 Å². The van der Waals surface area contributed by atoms with E-state index < -0.39 is 35.1 Å². The number of hydrogen-bond acceptors (Lipinski definition) is 6. The van der Waals surface area contributed by atoms with E-state index in [2.05, 4.69) is 0 Å². The Morgan fingerprint density at radius 1 is 1.24 bits per heavy atom. The van der Waals surface area contributed by atoms with Gasteiger partial charge in [0.05, 0.1) is 11.3 Å². The van der Waals surface area contributed by atoms with Crippen LogP contribution >= 0.6 is 11.8 Å². The first-order valence-electron chi connectivity index (χ1n) is 4.83. The average Bonchev–Trinajstić information content (AvgIpc) is 2.26. The van der Waals surface area contributed by atoms with E-state index >= 15 is 0 Å². The predicted molar refractivity (Wildman–Crippen MR) is 62.8 cm³/mol. The molecule has 0 aromatic carbocycles. The maximum Gasteiger partial charge on any atom is 0.322 e. The molecule has 0 aromatic heterocycles. The highest BCUT2D eigenvalue weighted by Crippen LogP contribution is 2.14. The number of carbonyl (C=O) groups excluding carboxylic acids is 1. The molecule has 0 aliphatic rings. The zero-order valence-corrected chi connectivity index (χ0v) is 10.1. The van der Waals surface area contributed by atoms with Crippen LogP contribution in [0, 0.1) is 0 Å². The number of ketones is 1. The zero-order valence-electron chi connectivity index (χ0n) is 9.33. The lowest BCUT2D eigenvalue weighted by atomic mass is 10.0. The summed E-state index contributed by atoms with van der Waals surface area (Å²) in [5.74, 6) is -2.88. The average molecular weight is 264 g/mol. The van der Waals surface area contributed by atoms with Crippen molar-refractivity contribution in [3.8, 4) is 0 Å². The number of hydrogen-bond donors (Lipinski definition) is 4. The molecule has 0 aliphatic heterocycles.